The lowest BCUT2D eigenvalue weighted by atomic mass is 10.0. The zero-order valence-corrected chi connectivity index (χ0v) is 23.8. The third kappa shape index (κ3) is 3.47. The van der Waals surface area contributed by atoms with Gasteiger partial charge in [-0.25, -0.2) is 4.98 Å². The van der Waals surface area contributed by atoms with Gasteiger partial charge >= 0.3 is 0 Å². The van der Waals surface area contributed by atoms with Gasteiger partial charge in [-0.3, -0.25) is 4.57 Å². The van der Waals surface area contributed by atoms with Crippen LogP contribution < -0.4 is 4.90 Å². The van der Waals surface area contributed by atoms with Crippen LogP contribution in [0.25, 0.3) is 55.3 Å². The zero-order valence-electron chi connectivity index (χ0n) is 23.8. The summed E-state index contributed by atoms with van der Waals surface area (Å²) in [6, 6.07) is 50.2. The Hall–Kier alpha value is -5.61. The van der Waals surface area contributed by atoms with Crippen molar-refractivity contribution < 1.29 is 0 Å². The minimum Gasteiger partial charge on any atom is -0.309 e. The number of aryl methyl sites for hydroxylation is 1. The Kier molecular flexibility index (Phi) is 5.14. The number of hydrogen-bond acceptors (Lipinski definition) is 2. The lowest BCUT2D eigenvalue weighted by Gasteiger charge is -2.33. The summed E-state index contributed by atoms with van der Waals surface area (Å²) in [5.74, 6) is 1.08. The standard InChI is InChI=1S/C39H28N4/c1-2-38-40-32-24-27(25-37-39(32)43(38)36-19-11-10-18-35(36)42(37)28-12-4-3-5-13-28)26-20-22-29(23-21-26)41-33-16-8-6-14-30(33)31-15-7-9-17-34(31)41/h3-25H,2H2,1H3. The van der Waals surface area contributed by atoms with Crippen molar-refractivity contribution in [2.24, 2.45) is 0 Å². The lowest BCUT2D eigenvalue weighted by Crippen LogP contribution is -2.19. The number of fused-ring (bicyclic) bond motifs is 5. The van der Waals surface area contributed by atoms with Gasteiger partial charge in [0.1, 0.15) is 5.82 Å². The van der Waals surface area contributed by atoms with Crippen LogP contribution in [-0.4, -0.2) is 14.1 Å². The molecule has 0 N–H and O–H groups in total. The van der Waals surface area contributed by atoms with Gasteiger partial charge in [-0.1, -0.05) is 85.8 Å². The van der Waals surface area contributed by atoms with Gasteiger partial charge in [0.2, 0.25) is 0 Å². The fraction of sp³-hybridized carbons (Fsp3) is 0.0513. The van der Waals surface area contributed by atoms with Crippen LogP contribution in [0.15, 0.2) is 140 Å². The minimum atomic E-state index is 0.858. The molecule has 3 heterocycles. The van der Waals surface area contributed by atoms with Crippen molar-refractivity contribution in [1.82, 2.24) is 14.1 Å². The van der Waals surface area contributed by atoms with Gasteiger partial charge in [0, 0.05) is 28.6 Å². The van der Waals surface area contributed by atoms with Crippen LogP contribution in [0, 0.1) is 0 Å². The highest BCUT2D eigenvalue weighted by molar-refractivity contribution is 6.09. The molecule has 2 aromatic heterocycles. The van der Waals surface area contributed by atoms with Gasteiger partial charge in [0.25, 0.3) is 0 Å². The Labute approximate surface area is 249 Å². The summed E-state index contributed by atoms with van der Waals surface area (Å²) in [4.78, 5) is 7.56. The van der Waals surface area contributed by atoms with Crippen LogP contribution in [0.3, 0.4) is 0 Å². The highest BCUT2D eigenvalue weighted by atomic mass is 15.2. The number of hydrogen-bond donors (Lipinski definition) is 0. The smallest absolute Gasteiger partial charge is 0.114 e. The maximum absolute atomic E-state index is 5.17. The first-order valence-corrected chi connectivity index (χ1v) is 14.9. The van der Waals surface area contributed by atoms with Crippen molar-refractivity contribution in [3.63, 3.8) is 0 Å². The number of rotatable bonds is 4. The van der Waals surface area contributed by atoms with Crippen molar-refractivity contribution in [1.29, 1.82) is 0 Å². The minimum absolute atomic E-state index is 0.858. The van der Waals surface area contributed by atoms with Crippen LogP contribution in [0.1, 0.15) is 12.7 Å². The Morgan fingerprint density at radius 2 is 1.14 bits per heavy atom. The predicted molar refractivity (Wildman–Crippen MR) is 178 cm³/mol. The number of anilines is 3. The third-order valence-electron chi connectivity index (χ3n) is 8.77. The van der Waals surface area contributed by atoms with Crippen molar-refractivity contribution in [3.05, 3.63) is 145 Å². The van der Waals surface area contributed by atoms with Crippen LogP contribution in [0.4, 0.5) is 17.1 Å². The van der Waals surface area contributed by atoms with E-state index >= 15 is 0 Å². The first kappa shape index (κ1) is 24.0. The molecule has 0 radical (unpaired) electrons. The topological polar surface area (TPSA) is 26.0 Å². The molecule has 0 atom stereocenters. The molecule has 4 nitrogen and oxygen atoms in total. The molecular formula is C39H28N4. The fourth-order valence-corrected chi connectivity index (χ4v) is 6.90. The SMILES string of the molecule is CCc1nc2cc(-c3ccc(-n4c5ccccc5c5ccccc54)cc3)cc3c2n1-c1ccccc1N3c1ccccc1. The molecule has 9 rings (SSSR count). The maximum atomic E-state index is 5.17. The molecule has 0 fully saturated rings. The van der Waals surface area contributed by atoms with Gasteiger partial charge in [0.15, 0.2) is 0 Å². The number of para-hydroxylation sites is 5. The van der Waals surface area contributed by atoms with E-state index in [0.29, 0.717) is 0 Å². The molecule has 0 aliphatic carbocycles. The van der Waals surface area contributed by atoms with E-state index in [9.17, 15) is 0 Å². The van der Waals surface area contributed by atoms with E-state index in [2.05, 4.69) is 160 Å². The van der Waals surface area contributed by atoms with E-state index in [1.165, 1.54) is 33.1 Å². The second-order valence-electron chi connectivity index (χ2n) is 11.2. The van der Waals surface area contributed by atoms with E-state index in [-0.39, 0.29) is 0 Å². The normalized spacial score (nSPS) is 12.3. The van der Waals surface area contributed by atoms with Crippen molar-refractivity contribution >= 4 is 49.9 Å². The van der Waals surface area contributed by atoms with Gasteiger partial charge in [-0.05, 0) is 71.8 Å². The molecule has 204 valence electrons. The maximum Gasteiger partial charge on any atom is 0.114 e. The first-order chi connectivity index (χ1) is 21.3. The molecule has 0 spiro atoms. The molecule has 0 amide bonds. The van der Waals surface area contributed by atoms with E-state index < -0.39 is 0 Å². The van der Waals surface area contributed by atoms with Gasteiger partial charge in [-0.2, -0.15) is 0 Å². The monoisotopic (exact) mass is 552 g/mol. The average Bonchev–Trinajstić information content (AvgIpc) is 3.62. The second-order valence-corrected chi connectivity index (χ2v) is 11.2. The number of nitrogens with zero attached hydrogens (tertiary/aromatic N) is 4. The van der Waals surface area contributed by atoms with E-state index in [1.54, 1.807) is 0 Å². The van der Waals surface area contributed by atoms with Gasteiger partial charge in [0.05, 0.1) is 39.1 Å². The summed E-state index contributed by atoms with van der Waals surface area (Å²) in [5, 5.41) is 2.55. The summed E-state index contributed by atoms with van der Waals surface area (Å²) in [6.45, 7) is 2.19. The largest absolute Gasteiger partial charge is 0.309 e. The lowest BCUT2D eigenvalue weighted by molar-refractivity contribution is 0.900. The molecule has 43 heavy (non-hydrogen) atoms. The first-order valence-electron chi connectivity index (χ1n) is 14.9. The Morgan fingerprint density at radius 3 is 1.84 bits per heavy atom. The molecule has 1 aliphatic heterocycles. The van der Waals surface area contributed by atoms with Crippen LogP contribution in [0.2, 0.25) is 0 Å². The fourth-order valence-electron chi connectivity index (χ4n) is 6.90. The summed E-state index contributed by atoms with van der Waals surface area (Å²) >= 11 is 0. The van der Waals surface area contributed by atoms with Gasteiger partial charge < -0.3 is 9.47 Å². The highest BCUT2D eigenvalue weighted by Gasteiger charge is 2.29. The van der Waals surface area contributed by atoms with Crippen LogP contribution in [-0.2, 0) is 6.42 Å². The van der Waals surface area contributed by atoms with Crippen molar-refractivity contribution in [2.45, 2.75) is 13.3 Å². The number of aromatic nitrogens is 3. The average molecular weight is 553 g/mol. The number of imidazole rings is 1. The molecule has 0 saturated carbocycles. The highest BCUT2D eigenvalue weighted by Crippen LogP contribution is 2.48. The molecule has 0 unspecified atom stereocenters. The Morgan fingerprint density at radius 1 is 0.512 bits per heavy atom. The van der Waals surface area contributed by atoms with E-state index in [1.807, 2.05) is 0 Å². The second kappa shape index (κ2) is 9.20. The number of benzene rings is 6. The quantitative estimate of drug-likeness (QED) is 0.217. The molecule has 0 bridgehead atoms. The molecule has 1 aliphatic rings. The zero-order chi connectivity index (χ0) is 28.5. The molecule has 6 aromatic carbocycles. The molecule has 4 heteroatoms. The predicted octanol–water partition coefficient (Wildman–Crippen LogP) is 10.1. The van der Waals surface area contributed by atoms with Crippen LogP contribution >= 0.6 is 0 Å². The summed E-state index contributed by atoms with van der Waals surface area (Å²) in [6.07, 6.45) is 0.858. The van der Waals surface area contributed by atoms with Crippen LogP contribution in [0.5, 0.6) is 0 Å². The summed E-state index contributed by atoms with van der Waals surface area (Å²) < 4.78 is 4.72. The summed E-state index contributed by atoms with van der Waals surface area (Å²) in [7, 11) is 0. The van der Waals surface area contributed by atoms with Crippen molar-refractivity contribution in [2.75, 3.05) is 4.90 Å². The van der Waals surface area contributed by atoms with E-state index in [4.69, 9.17) is 4.98 Å². The molecular weight excluding hydrogens is 524 g/mol. The third-order valence-corrected chi connectivity index (χ3v) is 8.77. The van der Waals surface area contributed by atoms with E-state index in [0.717, 1.165) is 51.6 Å². The Bertz CT molecular complexity index is 2270. The summed E-state index contributed by atoms with van der Waals surface area (Å²) in [5.41, 5.74) is 12.7. The molecule has 0 saturated heterocycles. The molecule has 8 aromatic rings. The Balaban J connectivity index is 1.24. The van der Waals surface area contributed by atoms with Crippen molar-refractivity contribution in [3.8, 4) is 22.5 Å². The van der Waals surface area contributed by atoms with Gasteiger partial charge in [-0.15, -0.1) is 0 Å².